The number of terminal acetylenes is 1. The lowest BCUT2D eigenvalue weighted by molar-refractivity contribution is -0.384. The molecule has 0 bridgehead atoms. The predicted octanol–water partition coefficient (Wildman–Crippen LogP) is 2.50. The summed E-state index contributed by atoms with van der Waals surface area (Å²) in [4.78, 5) is 22.0. The maximum absolute atomic E-state index is 11.9. The molecule has 1 unspecified atom stereocenters. The summed E-state index contributed by atoms with van der Waals surface area (Å²) < 4.78 is 0.484. The Morgan fingerprint density at radius 3 is 2.83 bits per heavy atom. The van der Waals surface area contributed by atoms with Crippen LogP contribution in [0.3, 0.4) is 0 Å². The lowest BCUT2D eigenvalue weighted by Gasteiger charge is -2.11. The molecule has 0 heterocycles. The van der Waals surface area contributed by atoms with E-state index in [9.17, 15) is 14.9 Å². The molecule has 0 saturated heterocycles. The molecule has 0 aliphatic rings. The molecule has 6 heteroatoms. The van der Waals surface area contributed by atoms with E-state index in [0.717, 1.165) is 0 Å². The lowest BCUT2D eigenvalue weighted by atomic mass is 10.1. The molecule has 94 valence electrons. The number of nitro benzene ring substituents is 1. The Morgan fingerprint density at radius 2 is 2.33 bits per heavy atom. The maximum Gasteiger partial charge on any atom is 0.270 e. The van der Waals surface area contributed by atoms with Crippen LogP contribution in [0.2, 0.25) is 0 Å². The van der Waals surface area contributed by atoms with Crippen molar-refractivity contribution >= 4 is 27.5 Å². The van der Waals surface area contributed by atoms with Crippen LogP contribution in [-0.4, -0.2) is 16.9 Å². The number of benzene rings is 1. The van der Waals surface area contributed by atoms with E-state index < -0.39 is 10.8 Å². The highest BCUT2D eigenvalue weighted by molar-refractivity contribution is 9.10. The van der Waals surface area contributed by atoms with Crippen LogP contribution in [0.5, 0.6) is 0 Å². The number of nitrogens with one attached hydrogen (secondary N) is 1. The van der Waals surface area contributed by atoms with Gasteiger partial charge >= 0.3 is 0 Å². The topological polar surface area (TPSA) is 72.2 Å². The van der Waals surface area contributed by atoms with Gasteiger partial charge < -0.3 is 5.32 Å². The molecule has 0 radical (unpaired) electrons. The first-order valence-electron chi connectivity index (χ1n) is 5.20. The summed E-state index contributed by atoms with van der Waals surface area (Å²) in [5.74, 6) is 1.99. The zero-order valence-corrected chi connectivity index (χ0v) is 11.2. The van der Waals surface area contributed by atoms with E-state index >= 15 is 0 Å². The average Bonchev–Trinajstić information content (AvgIpc) is 2.35. The van der Waals surface area contributed by atoms with Gasteiger partial charge in [0, 0.05) is 16.6 Å². The number of amides is 1. The van der Waals surface area contributed by atoms with Gasteiger partial charge in [0.25, 0.3) is 11.6 Å². The summed E-state index contributed by atoms with van der Waals surface area (Å²) in [6, 6.07) is 3.61. The summed E-state index contributed by atoms with van der Waals surface area (Å²) in [7, 11) is 0. The summed E-state index contributed by atoms with van der Waals surface area (Å²) >= 11 is 3.18. The highest BCUT2D eigenvalue weighted by Crippen LogP contribution is 2.22. The maximum atomic E-state index is 11.9. The fourth-order valence-electron chi connectivity index (χ4n) is 1.30. The van der Waals surface area contributed by atoms with Crippen LogP contribution < -0.4 is 5.32 Å². The van der Waals surface area contributed by atoms with Crippen molar-refractivity contribution < 1.29 is 9.72 Å². The van der Waals surface area contributed by atoms with Crippen molar-refractivity contribution in [2.75, 3.05) is 0 Å². The highest BCUT2D eigenvalue weighted by atomic mass is 79.9. The smallest absolute Gasteiger partial charge is 0.270 e. The van der Waals surface area contributed by atoms with Gasteiger partial charge in [-0.15, -0.1) is 6.42 Å². The Balaban J connectivity index is 3.02. The number of nitrogens with zero attached hydrogens (tertiary/aromatic N) is 1. The zero-order valence-electron chi connectivity index (χ0n) is 9.64. The third-order valence-corrected chi connectivity index (χ3v) is 3.01. The highest BCUT2D eigenvalue weighted by Gasteiger charge is 2.17. The van der Waals surface area contributed by atoms with Crippen LogP contribution in [0.25, 0.3) is 0 Å². The van der Waals surface area contributed by atoms with E-state index in [2.05, 4.69) is 27.2 Å². The Labute approximate surface area is 113 Å². The van der Waals surface area contributed by atoms with Crippen molar-refractivity contribution in [3.63, 3.8) is 0 Å². The van der Waals surface area contributed by atoms with Crippen molar-refractivity contribution in [1.29, 1.82) is 0 Å². The molecule has 1 aromatic carbocycles. The van der Waals surface area contributed by atoms with Gasteiger partial charge in [0.1, 0.15) is 0 Å². The largest absolute Gasteiger partial charge is 0.338 e. The second-order valence-electron chi connectivity index (χ2n) is 3.52. The number of hydrogen-bond acceptors (Lipinski definition) is 3. The normalized spacial score (nSPS) is 11.4. The first-order valence-corrected chi connectivity index (χ1v) is 5.99. The summed E-state index contributed by atoms with van der Waals surface area (Å²) in [6.07, 6.45) is 5.83. The molecule has 5 nitrogen and oxygen atoms in total. The average molecular weight is 311 g/mol. The Hall–Kier alpha value is -1.87. The van der Waals surface area contributed by atoms with Crippen LogP contribution >= 0.6 is 15.9 Å². The Kier molecular flexibility index (Phi) is 4.86. The van der Waals surface area contributed by atoms with E-state index in [-0.39, 0.29) is 17.3 Å². The van der Waals surface area contributed by atoms with Crippen molar-refractivity contribution in [3.05, 3.63) is 38.3 Å². The Morgan fingerprint density at radius 1 is 1.67 bits per heavy atom. The van der Waals surface area contributed by atoms with Gasteiger partial charge in [0.2, 0.25) is 0 Å². The lowest BCUT2D eigenvalue weighted by Crippen LogP contribution is -2.33. The summed E-state index contributed by atoms with van der Waals surface area (Å²) in [5, 5.41) is 13.3. The van der Waals surface area contributed by atoms with Gasteiger partial charge in [-0.2, -0.15) is 0 Å². The Bertz CT molecular complexity index is 523. The molecular formula is C12H11BrN2O3. The van der Waals surface area contributed by atoms with E-state index in [0.29, 0.717) is 10.9 Å². The van der Waals surface area contributed by atoms with E-state index in [4.69, 9.17) is 6.42 Å². The van der Waals surface area contributed by atoms with E-state index in [1.807, 2.05) is 6.92 Å². The van der Waals surface area contributed by atoms with Crippen LogP contribution in [0.4, 0.5) is 5.69 Å². The van der Waals surface area contributed by atoms with Crippen LogP contribution in [0.1, 0.15) is 23.7 Å². The fourth-order valence-corrected chi connectivity index (χ4v) is 1.73. The van der Waals surface area contributed by atoms with Crippen LogP contribution in [0, 0.1) is 22.5 Å². The number of hydrogen-bond donors (Lipinski definition) is 1. The number of halogens is 1. The summed E-state index contributed by atoms with van der Waals surface area (Å²) in [5.41, 5.74) is 0.0509. The standard InChI is InChI=1S/C12H11BrN2O3/c1-3-8(4-2)14-12(16)10-7-9(15(17)18)5-6-11(10)13/h1,5-8H,4H2,2H3,(H,14,16). The van der Waals surface area contributed by atoms with Crippen molar-refractivity contribution in [1.82, 2.24) is 5.32 Å². The van der Waals surface area contributed by atoms with Gasteiger partial charge in [0.05, 0.1) is 16.5 Å². The van der Waals surface area contributed by atoms with Crippen molar-refractivity contribution in [2.45, 2.75) is 19.4 Å². The third kappa shape index (κ3) is 3.31. The first kappa shape index (κ1) is 14.2. The van der Waals surface area contributed by atoms with Gasteiger partial charge in [-0.05, 0) is 28.4 Å². The first-order chi connectivity index (χ1) is 8.49. The second-order valence-corrected chi connectivity index (χ2v) is 4.38. The predicted molar refractivity (Wildman–Crippen MR) is 71.2 cm³/mol. The number of rotatable bonds is 4. The van der Waals surface area contributed by atoms with Crippen molar-refractivity contribution in [2.24, 2.45) is 0 Å². The molecule has 0 aliphatic carbocycles. The molecule has 0 fully saturated rings. The minimum absolute atomic E-state index is 0.142. The molecule has 1 N–H and O–H groups in total. The molecular weight excluding hydrogens is 300 g/mol. The molecule has 0 saturated carbocycles. The van der Waals surface area contributed by atoms with E-state index in [1.54, 1.807) is 0 Å². The minimum Gasteiger partial charge on any atom is -0.338 e. The van der Waals surface area contributed by atoms with Crippen molar-refractivity contribution in [3.8, 4) is 12.3 Å². The number of carbonyl (C=O) groups is 1. The molecule has 0 aromatic heterocycles. The second kappa shape index (κ2) is 6.17. The quantitative estimate of drug-likeness (QED) is 0.527. The molecule has 18 heavy (non-hydrogen) atoms. The zero-order chi connectivity index (χ0) is 13.7. The summed E-state index contributed by atoms with van der Waals surface area (Å²) in [6.45, 7) is 1.84. The molecule has 1 rings (SSSR count). The van der Waals surface area contributed by atoms with Crippen LogP contribution in [-0.2, 0) is 0 Å². The monoisotopic (exact) mass is 310 g/mol. The molecule has 0 spiro atoms. The third-order valence-electron chi connectivity index (χ3n) is 2.32. The van der Waals surface area contributed by atoms with Gasteiger partial charge in [0.15, 0.2) is 0 Å². The minimum atomic E-state index is -0.554. The molecule has 1 atom stereocenters. The SMILES string of the molecule is C#CC(CC)NC(=O)c1cc([N+](=O)[O-])ccc1Br. The van der Waals surface area contributed by atoms with Gasteiger partial charge in [-0.1, -0.05) is 12.8 Å². The molecule has 1 aromatic rings. The van der Waals surface area contributed by atoms with Crippen LogP contribution in [0.15, 0.2) is 22.7 Å². The fraction of sp³-hybridized carbons (Fsp3) is 0.250. The van der Waals surface area contributed by atoms with E-state index in [1.165, 1.54) is 18.2 Å². The molecule has 1 amide bonds. The molecule has 0 aliphatic heterocycles. The van der Waals surface area contributed by atoms with Gasteiger partial charge in [-0.3, -0.25) is 14.9 Å². The number of non-ortho nitro benzene ring substituents is 1. The van der Waals surface area contributed by atoms with Gasteiger partial charge in [-0.25, -0.2) is 0 Å². The number of nitro groups is 1. The number of carbonyl (C=O) groups excluding carboxylic acids is 1.